The molecule has 2 aliphatic rings. The van der Waals surface area contributed by atoms with Crippen LogP contribution in [0.1, 0.15) is 42.1 Å². The summed E-state index contributed by atoms with van der Waals surface area (Å²) in [7, 11) is 1.70. The third kappa shape index (κ3) is 6.33. The van der Waals surface area contributed by atoms with Crippen molar-refractivity contribution in [2.75, 3.05) is 66.8 Å². The Kier molecular flexibility index (Phi) is 8.74. The fourth-order valence-electron chi connectivity index (χ4n) is 5.57. The molecule has 2 heterocycles. The minimum atomic E-state index is -0.331. The molecular weight excluding hydrogens is 502 g/mol. The van der Waals surface area contributed by atoms with E-state index in [-0.39, 0.29) is 11.9 Å². The standard InChI is InChI=1S/C32H39N5O3/c1-3-24-10-9-11-25(22-24)33-32(39)34-26-14-15-28(27(23-26)31(38)37-16-7-4-8-17-37)35-18-20-36(21-19-35)29-12-5-6-13-30(29)40-2/h5-6,9-15,22-23H,3-4,7-8,16-21H2,1-2H3,(H2,33,34,39). The molecule has 5 rings (SSSR count). The number of para-hydroxylation sites is 2. The van der Waals surface area contributed by atoms with Crippen LogP contribution in [0.15, 0.2) is 66.7 Å². The van der Waals surface area contributed by atoms with Gasteiger partial charge in [0.2, 0.25) is 0 Å². The van der Waals surface area contributed by atoms with Gasteiger partial charge in [0, 0.05) is 56.3 Å². The summed E-state index contributed by atoms with van der Waals surface area (Å²) in [6.45, 7) is 6.81. The molecule has 0 atom stereocenters. The quantitative estimate of drug-likeness (QED) is 0.392. The second-order valence-electron chi connectivity index (χ2n) is 10.4. The molecule has 8 nitrogen and oxygen atoms in total. The van der Waals surface area contributed by atoms with Gasteiger partial charge in [-0.25, -0.2) is 4.79 Å². The number of urea groups is 1. The van der Waals surface area contributed by atoms with Crippen LogP contribution in [0.3, 0.4) is 0 Å². The molecule has 0 aliphatic carbocycles. The van der Waals surface area contributed by atoms with Gasteiger partial charge in [-0.1, -0.05) is 31.2 Å². The predicted molar refractivity (Wildman–Crippen MR) is 162 cm³/mol. The van der Waals surface area contributed by atoms with Crippen molar-refractivity contribution in [1.29, 1.82) is 0 Å². The van der Waals surface area contributed by atoms with Gasteiger partial charge >= 0.3 is 6.03 Å². The summed E-state index contributed by atoms with van der Waals surface area (Å²) in [6, 6.07) is 21.3. The number of carbonyl (C=O) groups excluding carboxylic acids is 2. The number of anilines is 4. The molecule has 210 valence electrons. The number of hydrogen-bond donors (Lipinski definition) is 2. The van der Waals surface area contributed by atoms with Crippen molar-refractivity contribution in [2.24, 2.45) is 0 Å². The zero-order chi connectivity index (χ0) is 27.9. The summed E-state index contributed by atoms with van der Waals surface area (Å²) in [4.78, 5) is 33.2. The second-order valence-corrected chi connectivity index (χ2v) is 10.4. The Balaban J connectivity index is 1.34. The fourth-order valence-corrected chi connectivity index (χ4v) is 5.57. The van der Waals surface area contributed by atoms with Crippen LogP contribution in [-0.4, -0.2) is 63.2 Å². The highest BCUT2D eigenvalue weighted by Gasteiger charge is 2.26. The molecule has 40 heavy (non-hydrogen) atoms. The molecule has 8 heteroatoms. The first-order chi connectivity index (χ1) is 19.6. The summed E-state index contributed by atoms with van der Waals surface area (Å²) < 4.78 is 5.58. The number of methoxy groups -OCH3 is 1. The van der Waals surface area contributed by atoms with Crippen molar-refractivity contribution in [3.05, 3.63) is 77.9 Å². The maximum atomic E-state index is 13.8. The number of rotatable bonds is 7. The van der Waals surface area contributed by atoms with Crippen LogP contribution < -0.4 is 25.2 Å². The maximum Gasteiger partial charge on any atom is 0.323 e. The average molecular weight is 542 g/mol. The topological polar surface area (TPSA) is 77.1 Å². The number of likely N-dealkylation sites (tertiary alicyclic amines) is 1. The van der Waals surface area contributed by atoms with Crippen LogP contribution in [-0.2, 0) is 6.42 Å². The van der Waals surface area contributed by atoms with Crippen molar-refractivity contribution in [1.82, 2.24) is 4.90 Å². The first kappa shape index (κ1) is 27.4. The number of carbonyl (C=O) groups is 2. The molecule has 2 aliphatic heterocycles. The van der Waals surface area contributed by atoms with E-state index in [2.05, 4.69) is 33.4 Å². The Morgan fingerprint density at radius 2 is 1.43 bits per heavy atom. The highest BCUT2D eigenvalue weighted by Crippen LogP contribution is 2.32. The molecule has 2 fully saturated rings. The molecule has 0 bridgehead atoms. The minimum absolute atomic E-state index is 0.0292. The number of ether oxygens (including phenoxy) is 1. The van der Waals surface area contributed by atoms with Crippen molar-refractivity contribution in [2.45, 2.75) is 32.6 Å². The van der Waals surface area contributed by atoms with Gasteiger partial charge < -0.3 is 30.1 Å². The number of piperazine rings is 1. The highest BCUT2D eigenvalue weighted by molar-refractivity contribution is 6.04. The normalized spacial score (nSPS) is 15.5. The van der Waals surface area contributed by atoms with E-state index in [0.29, 0.717) is 11.3 Å². The molecule has 0 unspecified atom stereocenters. The van der Waals surface area contributed by atoms with Crippen molar-refractivity contribution in [3.63, 3.8) is 0 Å². The average Bonchev–Trinajstić information content (AvgIpc) is 3.01. The summed E-state index contributed by atoms with van der Waals surface area (Å²) in [5, 5.41) is 5.85. The number of aryl methyl sites for hydroxylation is 1. The number of hydrogen-bond acceptors (Lipinski definition) is 5. The van der Waals surface area contributed by atoms with Crippen LogP contribution in [0.25, 0.3) is 0 Å². The lowest BCUT2D eigenvalue weighted by Crippen LogP contribution is -2.47. The van der Waals surface area contributed by atoms with Gasteiger partial charge in [-0.3, -0.25) is 4.79 Å². The van der Waals surface area contributed by atoms with Crippen molar-refractivity contribution < 1.29 is 14.3 Å². The molecule has 0 radical (unpaired) electrons. The van der Waals surface area contributed by atoms with Gasteiger partial charge in [-0.15, -0.1) is 0 Å². The van der Waals surface area contributed by atoms with Crippen LogP contribution >= 0.6 is 0 Å². The fraction of sp³-hybridized carbons (Fsp3) is 0.375. The lowest BCUT2D eigenvalue weighted by molar-refractivity contribution is 0.0725. The van der Waals surface area contributed by atoms with E-state index in [1.54, 1.807) is 7.11 Å². The van der Waals surface area contributed by atoms with E-state index < -0.39 is 0 Å². The predicted octanol–water partition coefficient (Wildman–Crippen LogP) is 5.85. The van der Waals surface area contributed by atoms with Gasteiger partial charge in [0.25, 0.3) is 5.91 Å². The number of nitrogens with one attached hydrogen (secondary N) is 2. The van der Waals surface area contributed by atoms with Crippen LogP contribution in [0.2, 0.25) is 0 Å². The summed E-state index contributed by atoms with van der Waals surface area (Å²) in [5.74, 6) is 0.897. The lowest BCUT2D eigenvalue weighted by atomic mass is 10.1. The maximum absolute atomic E-state index is 13.8. The largest absolute Gasteiger partial charge is 0.495 e. The summed E-state index contributed by atoms with van der Waals surface area (Å²) >= 11 is 0. The Bertz CT molecular complexity index is 1330. The minimum Gasteiger partial charge on any atom is -0.495 e. The molecule has 0 saturated carbocycles. The van der Waals surface area contributed by atoms with Gasteiger partial charge in [0.1, 0.15) is 5.75 Å². The number of piperidine rings is 1. The smallest absolute Gasteiger partial charge is 0.323 e. The van der Waals surface area contributed by atoms with E-state index in [1.807, 2.05) is 65.6 Å². The SMILES string of the molecule is CCc1cccc(NC(=O)Nc2ccc(N3CCN(c4ccccc4OC)CC3)c(C(=O)N3CCCCC3)c2)c1. The van der Waals surface area contributed by atoms with Crippen LogP contribution in [0.4, 0.5) is 27.5 Å². The third-order valence-corrected chi connectivity index (χ3v) is 7.77. The summed E-state index contributed by atoms with van der Waals surface area (Å²) in [6.07, 6.45) is 4.10. The van der Waals surface area contributed by atoms with E-state index in [9.17, 15) is 9.59 Å². The zero-order valence-electron chi connectivity index (χ0n) is 23.5. The second kappa shape index (κ2) is 12.8. The molecule has 2 N–H and O–H groups in total. The third-order valence-electron chi connectivity index (χ3n) is 7.77. The molecule has 2 saturated heterocycles. The number of nitrogens with zero attached hydrogens (tertiary/aromatic N) is 3. The molecule has 3 aromatic rings. The first-order valence-corrected chi connectivity index (χ1v) is 14.3. The molecule has 3 aromatic carbocycles. The molecule has 3 amide bonds. The van der Waals surface area contributed by atoms with Gasteiger partial charge in [-0.2, -0.15) is 0 Å². The van der Waals surface area contributed by atoms with E-state index >= 15 is 0 Å². The zero-order valence-corrected chi connectivity index (χ0v) is 23.5. The van der Waals surface area contributed by atoms with E-state index in [1.165, 1.54) is 0 Å². The Labute approximate surface area is 236 Å². The lowest BCUT2D eigenvalue weighted by Gasteiger charge is -2.39. The summed E-state index contributed by atoms with van der Waals surface area (Å²) in [5.41, 5.74) is 5.13. The van der Waals surface area contributed by atoms with E-state index in [4.69, 9.17) is 4.74 Å². The van der Waals surface area contributed by atoms with Crippen molar-refractivity contribution >= 4 is 34.7 Å². The number of amides is 3. The monoisotopic (exact) mass is 541 g/mol. The van der Waals surface area contributed by atoms with Crippen molar-refractivity contribution in [3.8, 4) is 5.75 Å². The highest BCUT2D eigenvalue weighted by atomic mass is 16.5. The van der Waals surface area contributed by atoms with E-state index in [0.717, 1.165) is 93.3 Å². The van der Waals surface area contributed by atoms with Gasteiger partial charge in [0.05, 0.1) is 18.4 Å². The Morgan fingerprint density at radius 1 is 0.750 bits per heavy atom. The van der Waals surface area contributed by atoms with Gasteiger partial charge in [0.15, 0.2) is 0 Å². The van der Waals surface area contributed by atoms with Crippen LogP contribution in [0, 0.1) is 0 Å². The Hall–Kier alpha value is -4.20. The number of benzene rings is 3. The molecular formula is C32H39N5O3. The van der Waals surface area contributed by atoms with Gasteiger partial charge in [-0.05, 0) is 73.7 Å². The molecule has 0 spiro atoms. The molecule has 0 aromatic heterocycles. The first-order valence-electron chi connectivity index (χ1n) is 14.3. The van der Waals surface area contributed by atoms with Crippen LogP contribution in [0.5, 0.6) is 5.75 Å². The Morgan fingerprint density at radius 3 is 2.12 bits per heavy atom.